The summed E-state index contributed by atoms with van der Waals surface area (Å²) in [7, 11) is -4.67. The van der Waals surface area contributed by atoms with E-state index in [0.717, 1.165) is 12.8 Å². The Morgan fingerprint density at radius 3 is 1.75 bits per heavy atom. The zero-order valence-electron chi connectivity index (χ0n) is 6.97. The van der Waals surface area contributed by atoms with Gasteiger partial charge in [-0.3, -0.25) is 9.11 Å². The fourth-order valence-electron chi connectivity index (χ4n) is 0.440. The van der Waals surface area contributed by atoms with Gasteiger partial charge in [0, 0.05) is 0 Å². The minimum Gasteiger partial charge on any atom is -0.316 e. The molecular weight excluding hydrogens is 184 g/mol. The molecule has 0 heterocycles. The maximum absolute atomic E-state index is 8.74. The molecule has 0 aliphatic rings. The van der Waals surface area contributed by atoms with E-state index in [9.17, 15) is 0 Å². The summed E-state index contributed by atoms with van der Waals surface area (Å²) < 4.78 is 31.6. The summed E-state index contributed by atoms with van der Waals surface area (Å²) in [6, 6.07) is 0. The largest absolute Gasteiger partial charge is 0.394 e. The van der Waals surface area contributed by atoms with E-state index in [2.05, 4.69) is 6.92 Å². The van der Waals surface area contributed by atoms with Crippen molar-refractivity contribution in [1.29, 1.82) is 0 Å². The van der Waals surface area contributed by atoms with Crippen molar-refractivity contribution in [3.63, 3.8) is 0 Å². The monoisotopic (exact) mass is 200 g/mol. The lowest BCUT2D eigenvalue weighted by Gasteiger charge is -2.00. The van der Waals surface area contributed by atoms with Crippen LogP contribution < -0.4 is 11.5 Å². The van der Waals surface area contributed by atoms with Gasteiger partial charge in [-0.15, -0.1) is 0 Å². The Bertz CT molecular complexity index is 170. The van der Waals surface area contributed by atoms with Gasteiger partial charge in [0.15, 0.2) is 0 Å². The molecule has 0 aromatic rings. The maximum Gasteiger partial charge on any atom is 0.394 e. The van der Waals surface area contributed by atoms with E-state index in [1.54, 1.807) is 0 Å². The van der Waals surface area contributed by atoms with Crippen LogP contribution in [0.3, 0.4) is 0 Å². The first kappa shape index (κ1) is 14.3. The first-order chi connectivity index (χ1) is 5.27. The molecule has 0 rings (SSSR count). The van der Waals surface area contributed by atoms with Crippen LogP contribution in [-0.2, 0) is 10.4 Å². The van der Waals surface area contributed by atoms with Crippen LogP contribution in [0, 0.1) is 0 Å². The van der Waals surface area contributed by atoms with Gasteiger partial charge < -0.3 is 11.5 Å². The molecule has 0 unspecified atom stereocenters. The molecule has 0 atom stereocenters. The molecule has 0 saturated carbocycles. The quantitative estimate of drug-likeness (QED) is 0.368. The molecule has 0 amide bonds. The molecule has 12 heavy (non-hydrogen) atoms. The number of rotatable bonds is 3. The fourth-order valence-corrected chi connectivity index (χ4v) is 0.440. The molecule has 0 aromatic heterocycles. The zero-order valence-corrected chi connectivity index (χ0v) is 7.79. The lowest BCUT2D eigenvalue weighted by Crippen LogP contribution is -2.29. The summed E-state index contributed by atoms with van der Waals surface area (Å²) in [6.07, 6.45) is 3.19. The predicted molar refractivity (Wildman–Crippen MR) is 45.9 cm³/mol. The van der Waals surface area contributed by atoms with Crippen LogP contribution in [0.15, 0.2) is 0 Å². The van der Waals surface area contributed by atoms with Crippen molar-refractivity contribution in [3.8, 4) is 0 Å². The molecule has 0 bridgehead atoms. The summed E-state index contributed by atoms with van der Waals surface area (Å²) in [5.41, 5.74) is 10.5. The summed E-state index contributed by atoms with van der Waals surface area (Å²) in [4.78, 5) is 0. The first-order valence-corrected chi connectivity index (χ1v) is 4.88. The molecule has 0 aliphatic carbocycles. The lowest BCUT2D eigenvalue weighted by atomic mass is 10.2. The summed E-state index contributed by atoms with van der Waals surface area (Å²) in [5.74, 6) is 0. The smallest absolute Gasteiger partial charge is 0.316 e. The van der Waals surface area contributed by atoms with Crippen molar-refractivity contribution in [2.45, 2.75) is 32.4 Å². The number of hydrogen-bond donors (Lipinski definition) is 4. The highest BCUT2D eigenvalue weighted by Crippen LogP contribution is 1.91. The van der Waals surface area contributed by atoms with E-state index in [1.807, 2.05) is 0 Å². The third-order valence-corrected chi connectivity index (χ3v) is 0.891. The van der Waals surface area contributed by atoms with E-state index in [4.69, 9.17) is 29.0 Å². The number of nitrogens with two attached hydrogens (primary N) is 2. The Morgan fingerprint density at radius 2 is 1.67 bits per heavy atom. The minimum atomic E-state index is -4.67. The first-order valence-electron chi connectivity index (χ1n) is 3.48. The number of unbranched alkanes of at least 4 members (excludes halogenated alkanes) is 1. The van der Waals surface area contributed by atoms with E-state index >= 15 is 0 Å². The highest BCUT2D eigenvalue weighted by molar-refractivity contribution is 7.79. The second kappa shape index (κ2) is 7.44. The van der Waals surface area contributed by atoms with Crippen molar-refractivity contribution >= 4 is 10.4 Å². The van der Waals surface area contributed by atoms with Gasteiger partial charge in [-0.2, -0.15) is 8.42 Å². The van der Waals surface area contributed by atoms with Gasteiger partial charge in [0.05, 0.1) is 6.17 Å². The second-order valence-corrected chi connectivity index (χ2v) is 3.15. The Balaban J connectivity index is 0. The Kier molecular flexibility index (Phi) is 8.88. The van der Waals surface area contributed by atoms with Crippen LogP contribution >= 0.6 is 0 Å². The van der Waals surface area contributed by atoms with Crippen LogP contribution in [-0.4, -0.2) is 23.7 Å². The molecule has 7 heteroatoms. The standard InChI is InChI=1S/C5H14N2.H2O4S/c1-2-3-4-5(6)7;1-5(2,3)4/h5H,2-4,6-7H2,1H3;(H2,1,2,3,4). The molecule has 0 aromatic carbocycles. The number of hydrogen-bond acceptors (Lipinski definition) is 4. The van der Waals surface area contributed by atoms with E-state index in [1.165, 1.54) is 6.42 Å². The average molecular weight is 200 g/mol. The molecule has 0 fully saturated rings. The zero-order chi connectivity index (χ0) is 10.2. The third kappa shape index (κ3) is 52.7. The van der Waals surface area contributed by atoms with Gasteiger partial charge in [0.1, 0.15) is 0 Å². The Labute approximate surface area is 72.5 Å². The Morgan fingerprint density at radius 1 is 1.33 bits per heavy atom. The maximum atomic E-state index is 8.74. The molecular formula is C5H16N2O4S. The van der Waals surface area contributed by atoms with Crippen molar-refractivity contribution in [1.82, 2.24) is 0 Å². The van der Waals surface area contributed by atoms with Crippen molar-refractivity contribution in [2.24, 2.45) is 11.5 Å². The fraction of sp³-hybridized carbons (Fsp3) is 1.00. The summed E-state index contributed by atoms with van der Waals surface area (Å²) in [5, 5.41) is 0. The van der Waals surface area contributed by atoms with Gasteiger partial charge >= 0.3 is 10.4 Å². The Hall–Kier alpha value is -0.210. The van der Waals surface area contributed by atoms with Gasteiger partial charge in [-0.1, -0.05) is 19.8 Å². The molecule has 0 radical (unpaired) electrons. The molecule has 0 spiro atoms. The summed E-state index contributed by atoms with van der Waals surface area (Å²) >= 11 is 0. The van der Waals surface area contributed by atoms with Crippen molar-refractivity contribution in [2.75, 3.05) is 0 Å². The molecule has 6 N–H and O–H groups in total. The van der Waals surface area contributed by atoms with Crippen LogP contribution in [0.25, 0.3) is 0 Å². The second-order valence-electron chi connectivity index (χ2n) is 2.25. The third-order valence-electron chi connectivity index (χ3n) is 0.891. The highest BCUT2D eigenvalue weighted by Gasteiger charge is 1.88. The predicted octanol–water partition coefficient (Wildman–Crippen LogP) is -0.233. The van der Waals surface area contributed by atoms with E-state index in [-0.39, 0.29) is 6.17 Å². The molecule has 0 aliphatic heterocycles. The van der Waals surface area contributed by atoms with Crippen LogP contribution in [0.5, 0.6) is 0 Å². The minimum absolute atomic E-state index is 0.0973. The van der Waals surface area contributed by atoms with Gasteiger partial charge in [-0.25, -0.2) is 0 Å². The van der Waals surface area contributed by atoms with Crippen LogP contribution in [0.1, 0.15) is 26.2 Å². The van der Waals surface area contributed by atoms with Crippen LogP contribution in [0.4, 0.5) is 0 Å². The molecule has 76 valence electrons. The average Bonchev–Trinajstić information content (AvgIpc) is 1.79. The van der Waals surface area contributed by atoms with E-state index in [0.29, 0.717) is 0 Å². The van der Waals surface area contributed by atoms with Gasteiger partial charge in [0.2, 0.25) is 0 Å². The van der Waals surface area contributed by atoms with Crippen molar-refractivity contribution in [3.05, 3.63) is 0 Å². The molecule has 6 nitrogen and oxygen atoms in total. The summed E-state index contributed by atoms with van der Waals surface area (Å²) in [6.45, 7) is 2.13. The highest BCUT2D eigenvalue weighted by atomic mass is 32.3. The topological polar surface area (TPSA) is 127 Å². The van der Waals surface area contributed by atoms with E-state index < -0.39 is 10.4 Å². The van der Waals surface area contributed by atoms with Crippen LogP contribution in [0.2, 0.25) is 0 Å². The van der Waals surface area contributed by atoms with Crippen molar-refractivity contribution < 1.29 is 17.5 Å². The SMILES string of the molecule is CCCCC(N)N.O=S(=O)(O)O. The molecule has 0 saturated heterocycles. The van der Waals surface area contributed by atoms with Gasteiger partial charge in [-0.05, 0) is 6.42 Å². The van der Waals surface area contributed by atoms with Gasteiger partial charge in [0.25, 0.3) is 0 Å². The lowest BCUT2D eigenvalue weighted by molar-refractivity contribution is 0.381. The normalized spacial score (nSPS) is 10.8.